The molecule has 0 radical (unpaired) electrons. The average Bonchev–Trinajstić information content (AvgIpc) is 3.37. The first kappa shape index (κ1) is 20.9. The van der Waals surface area contributed by atoms with Gasteiger partial charge in [-0.2, -0.15) is 0 Å². The van der Waals surface area contributed by atoms with E-state index in [1.165, 1.54) is 6.07 Å². The molecule has 2 aliphatic heterocycles. The first-order valence-electron chi connectivity index (χ1n) is 9.86. The van der Waals surface area contributed by atoms with Crippen molar-refractivity contribution in [3.63, 3.8) is 0 Å². The lowest BCUT2D eigenvalue weighted by Gasteiger charge is -2.30. The molecule has 0 saturated carbocycles. The van der Waals surface area contributed by atoms with Crippen LogP contribution in [0.1, 0.15) is 37.3 Å². The van der Waals surface area contributed by atoms with E-state index in [4.69, 9.17) is 22.8 Å². The van der Waals surface area contributed by atoms with Crippen molar-refractivity contribution in [1.29, 1.82) is 0 Å². The van der Waals surface area contributed by atoms with Gasteiger partial charge in [-0.05, 0) is 50.9 Å². The molecule has 2 saturated heterocycles. The summed E-state index contributed by atoms with van der Waals surface area (Å²) in [4.78, 5) is 16.5. The molecule has 28 heavy (non-hydrogen) atoms. The number of nitrogens with one attached hydrogen (secondary N) is 1. The number of terminal acetylenes is 1. The normalized spacial score (nSPS) is 20.7. The Kier molecular flexibility index (Phi) is 7.55. The molecule has 1 aromatic rings. The van der Waals surface area contributed by atoms with Gasteiger partial charge in [-0.3, -0.25) is 4.90 Å². The minimum absolute atomic E-state index is 0.0227. The number of rotatable bonds is 7. The summed E-state index contributed by atoms with van der Waals surface area (Å²) < 4.78 is 20.2. The van der Waals surface area contributed by atoms with Gasteiger partial charge in [-0.1, -0.05) is 23.6 Å². The van der Waals surface area contributed by atoms with Crippen molar-refractivity contribution in [2.24, 2.45) is 0 Å². The lowest BCUT2D eigenvalue weighted by atomic mass is 10.0. The monoisotopic (exact) mass is 407 g/mol. The number of urea groups is 1. The molecule has 0 unspecified atom stereocenters. The molecule has 2 atom stereocenters. The number of amides is 2. The third-order valence-electron chi connectivity index (χ3n) is 5.38. The molecule has 0 aliphatic carbocycles. The lowest BCUT2D eigenvalue weighted by molar-refractivity contribution is 0.0841. The van der Waals surface area contributed by atoms with Gasteiger partial charge in [0.25, 0.3) is 0 Å². The molecule has 2 fully saturated rings. The number of nitrogens with zero attached hydrogens (tertiary/aromatic N) is 2. The molecule has 0 spiro atoms. The summed E-state index contributed by atoms with van der Waals surface area (Å²) in [6.45, 7) is 3.38. The van der Waals surface area contributed by atoms with Crippen molar-refractivity contribution in [2.75, 3.05) is 39.3 Å². The van der Waals surface area contributed by atoms with Crippen LogP contribution in [0.2, 0.25) is 5.02 Å². The number of ether oxygens (including phenoxy) is 1. The number of hydrogen-bond acceptors (Lipinski definition) is 3. The summed E-state index contributed by atoms with van der Waals surface area (Å²) in [6, 6.07) is 4.12. The fourth-order valence-corrected chi connectivity index (χ4v) is 4.24. The van der Waals surface area contributed by atoms with Crippen LogP contribution in [0, 0.1) is 18.2 Å². The predicted molar refractivity (Wildman–Crippen MR) is 108 cm³/mol. The van der Waals surface area contributed by atoms with Crippen LogP contribution in [-0.2, 0) is 4.74 Å². The number of carbonyl (C=O) groups is 1. The third kappa shape index (κ3) is 5.16. The van der Waals surface area contributed by atoms with Crippen LogP contribution in [-0.4, -0.2) is 61.3 Å². The van der Waals surface area contributed by atoms with Gasteiger partial charge in [0.1, 0.15) is 5.82 Å². The highest BCUT2D eigenvalue weighted by Crippen LogP contribution is 2.32. The molecule has 1 N–H and O–H groups in total. The van der Waals surface area contributed by atoms with Gasteiger partial charge in [0, 0.05) is 30.3 Å². The maximum absolute atomic E-state index is 14.6. The maximum Gasteiger partial charge on any atom is 0.318 e. The molecule has 2 heterocycles. The number of halogens is 2. The van der Waals surface area contributed by atoms with Gasteiger partial charge in [-0.25, -0.2) is 9.18 Å². The van der Waals surface area contributed by atoms with Crippen LogP contribution in [0.15, 0.2) is 18.2 Å². The van der Waals surface area contributed by atoms with Crippen molar-refractivity contribution in [2.45, 2.75) is 37.8 Å². The highest BCUT2D eigenvalue weighted by Gasteiger charge is 2.29. The van der Waals surface area contributed by atoms with Gasteiger partial charge in [0.15, 0.2) is 0 Å². The number of hydrogen-bond donors (Lipinski definition) is 1. The summed E-state index contributed by atoms with van der Waals surface area (Å²) in [7, 11) is 0. The van der Waals surface area contributed by atoms with Crippen molar-refractivity contribution in [3.05, 3.63) is 34.6 Å². The van der Waals surface area contributed by atoms with Gasteiger partial charge in [-0.15, -0.1) is 6.42 Å². The molecule has 1 aromatic carbocycles. The Bertz CT molecular complexity index is 692. The van der Waals surface area contributed by atoms with Crippen LogP contribution < -0.4 is 5.32 Å². The largest absolute Gasteiger partial charge is 0.376 e. The molecular weight excluding hydrogens is 381 g/mol. The molecule has 152 valence electrons. The Balaban J connectivity index is 1.69. The van der Waals surface area contributed by atoms with Gasteiger partial charge in [0.2, 0.25) is 0 Å². The van der Waals surface area contributed by atoms with E-state index in [0.717, 1.165) is 45.4 Å². The first-order valence-corrected chi connectivity index (χ1v) is 10.2. The van der Waals surface area contributed by atoms with E-state index in [2.05, 4.69) is 16.1 Å². The van der Waals surface area contributed by atoms with Crippen LogP contribution in [0.3, 0.4) is 0 Å². The van der Waals surface area contributed by atoms with E-state index in [0.29, 0.717) is 17.1 Å². The van der Waals surface area contributed by atoms with Crippen LogP contribution in [0.5, 0.6) is 0 Å². The zero-order valence-corrected chi connectivity index (χ0v) is 16.8. The topological polar surface area (TPSA) is 44.8 Å². The minimum Gasteiger partial charge on any atom is -0.376 e. The van der Waals surface area contributed by atoms with E-state index in [-0.39, 0.29) is 37.1 Å². The molecule has 7 heteroatoms. The molecule has 0 bridgehead atoms. The Morgan fingerprint density at radius 2 is 2.21 bits per heavy atom. The molecule has 2 aliphatic rings. The molecule has 5 nitrogen and oxygen atoms in total. The van der Waals surface area contributed by atoms with E-state index in [1.807, 2.05) is 0 Å². The number of likely N-dealkylation sites (tertiary alicyclic amines) is 1. The van der Waals surface area contributed by atoms with Crippen molar-refractivity contribution < 1.29 is 13.9 Å². The fraction of sp³-hybridized carbons (Fsp3) is 0.571. The average molecular weight is 408 g/mol. The molecule has 0 aromatic heterocycles. The quantitative estimate of drug-likeness (QED) is 0.704. The van der Waals surface area contributed by atoms with E-state index >= 15 is 0 Å². The fourth-order valence-electron chi connectivity index (χ4n) is 3.96. The molecule has 3 rings (SSSR count). The zero-order chi connectivity index (χ0) is 19.9. The second-order valence-corrected chi connectivity index (χ2v) is 7.71. The predicted octanol–water partition coefficient (Wildman–Crippen LogP) is 3.44. The third-order valence-corrected chi connectivity index (χ3v) is 5.71. The Morgan fingerprint density at radius 1 is 1.43 bits per heavy atom. The standard InChI is InChI=1S/C21H27ClFN3O2/c1-2-10-26(15-16-7-6-13-28-16)21(27)24-14-19(25-11-3-4-12-25)20-17(22)8-5-9-18(20)23/h1,5,8-9,16,19H,3-4,6-7,10-15H2,(H,24,27)/t16-,19-/m1/s1. The van der Waals surface area contributed by atoms with Gasteiger partial charge >= 0.3 is 6.03 Å². The minimum atomic E-state index is -0.349. The summed E-state index contributed by atoms with van der Waals surface area (Å²) in [5, 5.41) is 3.32. The maximum atomic E-state index is 14.6. The van der Waals surface area contributed by atoms with Crippen molar-refractivity contribution >= 4 is 17.6 Å². The Hall–Kier alpha value is -1.81. The summed E-state index contributed by atoms with van der Waals surface area (Å²) >= 11 is 6.31. The zero-order valence-electron chi connectivity index (χ0n) is 16.0. The summed E-state index contributed by atoms with van der Waals surface area (Å²) in [6.07, 6.45) is 9.50. The van der Waals surface area contributed by atoms with Crippen LogP contribution in [0.4, 0.5) is 9.18 Å². The van der Waals surface area contributed by atoms with Crippen molar-refractivity contribution in [3.8, 4) is 12.3 Å². The number of benzene rings is 1. The van der Waals surface area contributed by atoms with Crippen molar-refractivity contribution in [1.82, 2.24) is 15.1 Å². The first-order chi connectivity index (χ1) is 13.6. The Morgan fingerprint density at radius 3 is 2.86 bits per heavy atom. The SMILES string of the molecule is C#CCN(C[C@H]1CCCO1)C(=O)NC[C@H](c1c(F)cccc1Cl)N1CCCC1. The van der Waals surface area contributed by atoms with Gasteiger partial charge in [0.05, 0.1) is 18.7 Å². The Labute approximate surface area is 171 Å². The van der Waals surface area contributed by atoms with Crippen LogP contribution in [0.25, 0.3) is 0 Å². The van der Waals surface area contributed by atoms with E-state index < -0.39 is 0 Å². The molecule has 2 amide bonds. The molecular formula is C21H27ClFN3O2. The van der Waals surface area contributed by atoms with Gasteiger partial charge < -0.3 is 15.0 Å². The summed E-state index contributed by atoms with van der Waals surface area (Å²) in [5.74, 6) is 2.18. The number of carbonyl (C=O) groups excluding carboxylic acids is 1. The highest BCUT2D eigenvalue weighted by atomic mass is 35.5. The summed E-state index contributed by atoms with van der Waals surface area (Å²) in [5.41, 5.74) is 0.439. The highest BCUT2D eigenvalue weighted by molar-refractivity contribution is 6.31. The second-order valence-electron chi connectivity index (χ2n) is 7.30. The lowest BCUT2D eigenvalue weighted by Crippen LogP contribution is -2.46. The van der Waals surface area contributed by atoms with Crippen LogP contribution >= 0.6 is 11.6 Å². The second kappa shape index (κ2) is 10.1. The van der Waals surface area contributed by atoms with E-state index in [9.17, 15) is 9.18 Å². The van der Waals surface area contributed by atoms with E-state index in [1.54, 1.807) is 17.0 Å². The smallest absolute Gasteiger partial charge is 0.318 e.